The summed E-state index contributed by atoms with van der Waals surface area (Å²) >= 11 is 3.10. The van der Waals surface area contributed by atoms with E-state index in [1.807, 2.05) is 0 Å². The summed E-state index contributed by atoms with van der Waals surface area (Å²) in [4.78, 5) is -0.0383. The van der Waals surface area contributed by atoms with E-state index in [4.69, 9.17) is 15.4 Å². The molecule has 0 aliphatic heterocycles. The third-order valence-corrected chi connectivity index (χ3v) is 3.49. The average molecular weight is 318 g/mol. The van der Waals surface area contributed by atoms with Gasteiger partial charge in [0.05, 0.1) is 9.37 Å². The number of hydrogen-bond donors (Lipinski definition) is 0. The molecule has 0 aliphatic rings. The molecule has 0 saturated heterocycles. The molecule has 0 bridgehead atoms. The zero-order chi connectivity index (χ0) is 11.5. The number of halogens is 3. The largest absolute Gasteiger partial charge is 0.490 e. The number of benzene rings is 1. The van der Waals surface area contributed by atoms with Crippen molar-refractivity contribution in [2.45, 2.75) is 4.90 Å². The van der Waals surface area contributed by atoms with Gasteiger partial charge in [-0.05, 0) is 34.1 Å². The van der Waals surface area contributed by atoms with Crippen molar-refractivity contribution in [1.82, 2.24) is 0 Å². The highest BCUT2D eigenvalue weighted by Crippen LogP contribution is 2.29. The van der Waals surface area contributed by atoms with Crippen LogP contribution in [0.4, 0.5) is 4.39 Å². The Morgan fingerprint density at radius 3 is 2.60 bits per heavy atom. The van der Waals surface area contributed by atoms with Crippen LogP contribution in [0.5, 0.6) is 5.75 Å². The number of hydrogen-bond acceptors (Lipinski definition) is 3. The van der Waals surface area contributed by atoms with Crippen LogP contribution >= 0.6 is 26.6 Å². The lowest BCUT2D eigenvalue weighted by Crippen LogP contribution is -2.00. The minimum atomic E-state index is -3.75. The van der Waals surface area contributed by atoms with Crippen molar-refractivity contribution >= 4 is 35.7 Å². The fourth-order valence-corrected chi connectivity index (χ4v) is 2.32. The second-order valence-electron chi connectivity index (χ2n) is 2.57. The van der Waals surface area contributed by atoms with Gasteiger partial charge in [-0.3, -0.25) is 0 Å². The first kappa shape index (κ1) is 12.7. The second kappa shape index (κ2) is 5.14. The lowest BCUT2D eigenvalue weighted by molar-refractivity contribution is 0.271. The maximum Gasteiger partial charge on any atom is 0.261 e. The third kappa shape index (κ3) is 3.62. The van der Waals surface area contributed by atoms with Gasteiger partial charge in [-0.2, -0.15) is 0 Å². The summed E-state index contributed by atoms with van der Waals surface area (Å²) < 4.78 is 39.1. The highest BCUT2D eigenvalue weighted by molar-refractivity contribution is 9.10. The van der Waals surface area contributed by atoms with Crippen LogP contribution in [0.3, 0.4) is 0 Å². The van der Waals surface area contributed by atoms with E-state index in [0.717, 1.165) is 0 Å². The number of alkyl halides is 1. The highest BCUT2D eigenvalue weighted by atomic mass is 79.9. The van der Waals surface area contributed by atoms with Gasteiger partial charge < -0.3 is 4.74 Å². The molecule has 0 radical (unpaired) electrons. The van der Waals surface area contributed by atoms with Gasteiger partial charge in [-0.25, -0.2) is 12.8 Å². The van der Waals surface area contributed by atoms with Crippen LogP contribution in [0.15, 0.2) is 27.6 Å². The normalized spacial score (nSPS) is 11.4. The lowest BCUT2D eigenvalue weighted by Gasteiger charge is -2.06. The summed E-state index contributed by atoms with van der Waals surface area (Å²) in [6.45, 7) is -0.687. The molecule has 0 aromatic heterocycles. The first-order chi connectivity index (χ1) is 6.95. The molecule has 0 atom stereocenters. The SMILES string of the molecule is O=S(=O)(Cl)c1ccc(OCCF)c(Br)c1. The van der Waals surface area contributed by atoms with Crippen LogP contribution in [0.25, 0.3) is 0 Å². The van der Waals surface area contributed by atoms with Crippen molar-refractivity contribution < 1.29 is 17.5 Å². The van der Waals surface area contributed by atoms with Crippen molar-refractivity contribution in [3.8, 4) is 5.75 Å². The Bertz CT molecular complexity index is 449. The minimum Gasteiger partial charge on any atom is -0.490 e. The Hall–Kier alpha value is -0.330. The van der Waals surface area contributed by atoms with E-state index in [2.05, 4.69) is 15.9 Å². The monoisotopic (exact) mass is 316 g/mol. The van der Waals surface area contributed by atoms with Crippen LogP contribution in [-0.4, -0.2) is 21.7 Å². The molecule has 0 unspecified atom stereocenters. The lowest BCUT2D eigenvalue weighted by atomic mass is 10.3. The van der Waals surface area contributed by atoms with Gasteiger partial charge in [0.15, 0.2) is 0 Å². The molecule has 0 heterocycles. The zero-order valence-electron chi connectivity index (χ0n) is 7.41. The Morgan fingerprint density at radius 1 is 1.47 bits per heavy atom. The second-order valence-corrected chi connectivity index (χ2v) is 5.99. The first-order valence-electron chi connectivity index (χ1n) is 3.88. The van der Waals surface area contributed by atoms with Crippen LogP contribution < -0.4 is 4.74 Å². The van der Waals surface area contributed by atoms with E-state index in [9.17, 15) is 12.8 Å². The van der Waals surface area contributed by atoms with Crippen molar-refractivity contribution in [1.29, 1.82) is 0 Å². The van der Waals surface area contributed by atoms with Gasteiger partial charge in [0.2, 0.25) is 0 Å². The molecule has 0 amide bonds. The van der Waals surface area contributed by atoms with Gasteiger partial charge >= 0.3 is 0 Å². The molecule has 0 spiro atoms. The van der Waals surface area contributed by atoms with Crippen LogP contribution in [-0.2, 0) is 9.05 Å². The van der Waals surface area contributed by atoms with Crippen LogP contribution in [0.2, 0.25) is 0 Å². The molecule has 7 heteroatoms. The van der Waals surface area contributed by atoms with Crippen molar-refractivity contribution in [3.05, 3.63) is 22.7 Å². The summed E-state index contributed by atoms with van der Waals surface area (Å²) in [5, 5.41) is 0. The molecule has 0 fully saturated rings. The van der Waals surface area contributed by atoms with Gasteiger partial charge in [-0.15, -0.1) is 0 Å². The molecule has 0 aliphatic carbocycles. The standard InChI is InChI=1S/C8H7BrClFO3S/c9-7-5-6(15(10,12)13)1-2-8(7)14-4-3-11/h1-2,5H,3-4H2. The van der Waals surface area contributed by atoms with E-state index in [1.54, 1.807) is 0 Å². The quantitative estimate of drug-likeness (QED) is 0.802. The van der Waals surface area contributed by atoms with E-state index in [0.29, 0.717) is 10.2 Å². The summed E-state index contributed by atoms with van der Waals surface area (Å²) in [6.07, 6.45) is 0. The fourth-order valence-electron chi connectivity index (χ4n) is 0.899. The Kier molecular flexibility index (Phi) is 4.36. The minimum absolute atomic E-state index is 0.0383. The Labute approximate surface area is 99.7 Å². The van der Waals surface area contributed by atoms with E-state index in [1.165, 1.54) is 18.2 Å². The highest BCUT2D eigenvalue weighted by Gasteiger charge is 2.12. The van der Waals surface area contributed by atoms with Crippen LogP contribution in [0, 0.1) is 0 Å². The van der Waals surface area contributed by atoms with E-state index < -0.39 is 15.7 Å². The zero-order valence-corrected chi connectivity index (χ0v) is 10.6. The molecule has 3 nitrogen and oxygen atoms in total. The summed E-state index contributed by atoms with van der Waals surface area (Å²) in [7, 11) is 1.39. The van der Waals surface area contributed by atoms with Crippen molar-refractivity contribution in [3.63, 3.8) is 0 Å². The molecule has 15 heavy (non-hydrogen) atoms. The maximum atomic E-state index is 11.8. The fraction of sp³-hybridized carbons (Fsp3) is 0.250. The van der Waals surface area contributed by atoms with Crippen LogP contribution in [0.1, 0.15) is 0 Å². The summed E-state index contributed by atoms with van der Waals surface area (Å²) in [6, 6.07) is 4.01. The van der Waals surface area contributed by atoms with Crippen molar-refractivity contribution in [2.24, 2.45) is 0 Å². The summed E-state index contributed by atoms with van der Waals surface area (Å²) in [5.41, 5.74) is 0. The van der Waals surface area contributed by atoms with Gasteiger partial charge in [0.1, 0.15) is 19.0 Å². The first-order valence-corrected chi connectivity index (χ1v) is 6.98. The molecule has 0 N–H and O–H groups in total. The van der Waals surface area contributed by atoms with Gasteiger partial charge in [-0.1, -0.05) is 0 Å². The van der Waals surface area contributed by atoms with E-state index >= 15 is 0 Å². The molecular formula is C8H7BrClFO3S. The molecule has 1 aromatic rings. The van der Waals surface area contributed by atoms with Gasteiger partial charge in [0.25, 0.3) is 9.05 Å². The topological polar surface area (TPSA) is 43.4 Å². The predicted molar refractivity (Wildman–Crippen MR) is 58.7 cm³/mol. The molecular weight excluding hydrogens is 311 g/mol. The third-order valence-electron chi connectivity index (χ3n) is 1.52. The smallest absolute Gasteiger partial charge is 0.261 e. The van der Waals surface area contributed by atoms with Crippen molar-refractivity contribution in [2.75, 3.05) is 13.3 Å². The molecule has 1 aromatic carbocycles. The Balaban J connectivity index is 2.99. The predicted octanol–water partition coefficient (Wildman–Crippen LogP) is 2.72. The Morgan fingerprint density at radius 2 is 2.13 bits per heavy atom. The number of ether oxygens (including phenoxy) is 1. The van der Waals surface area contributed by atoms with E-state index in [-0.39, 0.29) is 11.5 Å². The maximum absolute atomic E-state index is 11.8. The molecule has 1 rings (SSSR count). The molecule has 0 saturated carbocycles. The summed E-state index contributed by atoms with van der Waals surface area (Å²) in [5.74, 6) is 0.372. The average Bonchev–Trinajstić information content (AvgIpc) is 2.14. The number of rotatable bonds is 4. The molecule has 84 valence electrons. The van der Waals surface area contributed by atoms with Gasteiger partial charge in [0, 0.05) is 10.7 Å².